The number of carbonyl (C=O) groups excluding carboxylic acids is 2. The topological polar surface area (TPSA) is 80.1 Å². The molecule has 1 aliphatic heterocycles. The van der Waals surface area contributed by atoms with Crippen molar-refractivity contribution in [2.75, 3.05) is 19.7 Å². The van der Waals surface area contributed by atoms with Gasteiger partial charge in [0.25, 0.3) is 5.91 Å². The zero-order valence-corrected chi connectivity index (χ0v) is 23.7. The quantitative estimate of drug-likeness (QED) is 0.259. The maximum absolute atomic E-state index is 14.0. The molecule has 0 radical (unpaired) electrons. The highest BCUT2D eigenvalue weighted by Gasteiger charge is 2.28. The molecule has 2 amide bonds. The van der Waals surface area contributed by atoms with Crippen LogP contribution in [0.1, 0.15) is 52.4 Å². The molecule has 0 spiro atoms. The Hall–Kier alpha value is -4.23. The van der Waals surface area contributed by atoms with Gasteiger partial charge in [0.2, 0.25) is 5.91 Å². The van der Waals surface area contributed by atoms with E-state index in [9.17, 15) is 14.4 Å². The molecule has 2 heterocycles. The highest BCUT2D eigenvalue weighted by atomic mass is 16.5. The van der Waals surface area contributed by atoms with E-state index in [0.717, 1.165) is 36.0 Å². The molecular weight excluding hydrogens is 516 g/mol. The van der Waals surface area contributed by atoms with Gasteiger partial charge in [-0.1, -0.05) is 61.0 Å². The van der Waals surface area contributed by atoms with Crippen LogP contribution in [0.25, 0.3) is 11.0 Å². The highest BCUT2D eigenvalue weighted by Crippen LogP contribution is 2.19. The molecule has 1 atom stereocenters. The summed E-state index contributed by atoms with van der Waals surface area (Å²) in [5, 5.41) is 0.486. The van der Waals surface area contributed by atoms with Gasteiger partial charge in [0.1, 0.15) is 12.1 Å². The average Bonchev–Trinajstić information content (AvgIpc) is 3.51. The summed E-state index contributed by atoms with van der Waals surface area (Å²) in [5.41, 5.74) is 4.29. The largest absolute Gasteiger partial charge is 0.464 e. The molecule has 1 aromatic heterocycles. The number of rotatable bonds is 10. The van der Waals surface area contributed by atoms with E-state index >= 15 is 0 Å². The lowest BCUT2D eigenvalue weighted by atomic mass is 10.1. The number of ether oxygens (including phenoxy) is 1. The minimum Gasteiger partial charge on any atom is -0.464 e. The molecule has 0 aliphatic carbocycles. The van der Waals surface area contributed by atoms with Gasteiger partial charge in [-0.15, -0.1) is 0 Å². The van der Waals surface area contributed by atoms with E-state index in [0.29, 0.717) is 35.2 Å². The first-order valence-corrected chi connectivity index (χ1v) is 14.2. The molecule has 1 saturated heterocycles. The van der Waals surface area contributed by atoms with Crippen molar-refractivity contribution in [3.05, 3.63) is 117 Å². The smallest absolute Gasteiger partial charge is 0.254 e. The van der Waals surface area contributed by atoms with Crippen LogP contribution in [0.5, 0.6) is 0 Å². The maximum Gasteiger partial charge on any atom is 0.254 e. The average molecular weight is 553 g/mol. The van der Waals surface area contributed by atoms with Crippen molar-refractivity contribution >= 4 is 22.8 Å². The third kappa shape index (κ3) is 6.92. The van der Waals surface area contributed by atoms with E-state index in [2.05, 4.69) is 6.92 Å². The standard InChI is InChI=1S/C34H36N2O5/c1-3-25-12-14-27(15-13-25)34(39)36(21-29-10-7-17-40-29)22-32(37)35(19-26-8-5-4-6-9-26)20-28-23-41-31-16-11-24(2)18-30(31)33(28)38/h4-6,8-9,11-16,18,23,29H,3,7,10,17,19-22H2,1-2H3. The summed E-state index contributed by atoms with van der Waals surface area (Å²) < 4.78 is 11.6. The Morgan fingerprint density at radius 3 is 2.41 bits per heavy atom. The molecule has 1 fully saturated rings. The molecule has 0 N–H and O–H groups in total. The Morgan fingerprint density at radius 1 is 0.927 bits per heavy atom. The number of amides is 2. The molecule has 3 aromatic carbocycles. The maximum atomic E-state index is 14.0. The van der Waals surface area contributed by atoms with Crippen LogP contribution in [0.4, 0.5) is 0 Å². The Bertz CT molecular complexity index is 1560. The number of carbonyl (C=O) groups is 2. The number of fused-ring (bicyclic) bond motifs is 1. The van der Waals surface area contributed by atoms with Crippen molar-refractivity contribution in [1.82, 2.24) is 9.80 Å². The van der Waals surface area contributed by atoms with Gasteiger partial charge in [0.05, 0.1) is 29.9 Å². The second-order valence-electron chi connectivity index (χ2n) is 10.7. The van der Waals surface area contributed by atoms with Crippen molar-refractivity contribution in [2.45, 2.75) is 52.3 Å². The third-order valence-electron chi connectivity index (χ3n) is 7.60. The first kappa shape index (κ1) is 28.3. The van der Waals surface area contributed by atoms with E-state index in [1.54, 1.807) is 21.9 Å². The molecule has 212 valence electrons. The second-order valence-corrected chi connectivity index (χ2v) is 10.7. The Balaban J connectivity index is 1.43. The summed E-state index contributed by atoms with van der Waals surface area (Å²) >= 11 is 0. The summed E-state index contributed by atoms with van der Waals surface area (Å²) in [5.74, 6) is -0.467. The van der Waals surface area contributed by atoms with Crippen LogP contribution < -0.4 is 5.43 Å². The van der Waals surface area contributed by atoms with E-state index in [-0.39, 0.29) is 43.0 Å². The van der Waals surface area contributed by atoms with Gasteiger partial charge in [0, 0.05) is 25.3 Å². The van der Waals surface area contributed by atoms with Crippen LogP contribution in [0.2, 0.25) is 0 Å². The molecule has 0 saturated carbocycles. The van der Waals surface area contributed by atoms with Gasteiger partial charge in [-0.2, -0.15) is 0 Å². The van der Waals surface area contributed by atoms with Crippen molar-refractivity contribution in [1.29, 1.82) is 0 Å². The second kappa shape index (κ2) is 13.0. The predicted molar refractivity (Wildman–Crippen MR) is 159 cm³/mol. The Kier molecular flexibility index (Phi) is 8.95. The Morgan fingerprint density at radius 2 is 1.71 bits per heavy atom. The first-order valence-electron chi connectivity index (χ1n) is 14.2. The van der Waals surface area contributed by atoms with Crippen LogP contribution in [0, 0.1) is 6.92 Å². The minimum atomic E-state index is -0.255. The van der Waals surface area contributed by atoms with Gasteiger partial charge in [0.15, 0.2) is 5.43 Å². The normalized spacial score (nSPS) is 14.7. The predicted octanol–water partition coefficient (Wildman–Crippen LogP) is 5.51. The monoisotopic (exact) mass is 552 g/mol. The summed E-state index contributed by atoms with van der Waals surface area (Å²) in [4.78, 5) is 44.3. The summed E-state index contributed by atoms with van der Waals surface area (Å²) in [6.07, 6.45) is 3.99. The molecule has 1 aliphatic rings. The van der Waals surface area contributed by atoms with E-state index in [1.807, 2.05) is 67.6 Å². The zero-order valence-electron chi connectivity index (χ0n) is 23.7. The van der Waals surface area contributed by atoms with Gasteiger partial charge < -0.3 is 19.0 Å². The van der Waals surface area contributed by atoms with E-state index in [4.69, 9.17) is 9.15 Å². The summed E-state index contributed by atoms with van der Waals surface area (Å²) in [7, 11) is 0. The molecular formula is C34H36N2O5. The SMILES string of the molecule is CCc1ccc(C(=O)N(CC(=O)N(Cc2ccccc2)Cc2coc3ccc(C)cc3c2=O)CC2CCCO2)cc1. The lowest BCUT2D eigenvalue weighted by Crippen LogP contribution is -2.45. The van der Waals surface area contributed by atoms with Gasteiger partial charge in [-0.3, -0.25) is 14.4 Å². The fraction of sp³-hybridized carbons (Fsp3) is 0.324. The van der Waals surface area contributed by atoms with Gasteiger partial charge >= 0.3 is 0 Å². The minimum absolute atomic E-state index is 0.0626. The summed E-state index contributed by atoms with van der Waals surface area (Å²) in [6, 6.07) is 22.6. The van der Waals surface area contributed by atoms with Gasteiger partial charge in [-0.05, 0) is 61.6 Å². The lowest BCUT2D eigenvalue weighted by Gasteiger charge is -2.29. The van der Waals surface area contributed by atoms with Gasteiger partial charge in [-0.25, -0.2) is 0 Å². The number of benzene rings is 3. The van der Waals surface area contributed by atoms with Crippen molar-refractivity contribution in [3.63, 3.8) is 0 Å². The van der Waals surface area contributed by atoms with Crippen LogP contribution in [0.15, 0.2) is 88.3 Å². The van der Waals surface area contributed by atoms with Crippen molar-refractivity contribution < 1.29 is 18.7 Å². The number of nitrogens with zero attached hydrogens (tertiary/aromatic N) is 2. The fourth-order valence-electron chi connectivity index (χ4n) is 5.22. The third-order valence-corrected chi connectivity index (χ3v) is 7.60. The highest BCUT2D eigenvalue weighted by molar-refractivity contribution is 5.96. The van der Waals surface area contributed by atoms with E-state index in [1.165, 1.54) is 6.26 Å². The first-order chi connectivity index (χ1) is 19.9. The van der Waals surface area contributed by atoms with Crippen LogP contribution in [0.3, 0.4) is 0 Å². The molecule has 5 rings (SSSR count). The Labute approximate surface area is 240 Å². The van der Waals surface area contributed by atoms with Crippen molar-refractivity contribution in [2.24, 2.45) is 0 Å². The van der Waals surface area contributed by atoms with Crippen molar-refractivity contribution in [3.8, 4) is 0 Å². The molecule has 4 aromatic rings. The zero-order chi connectivity index (χ0) is 28.8. The van der Waals surface area contributed by atoms with Crippen LogP contribution >= 0.6 is 0 Å². The number of hydrogen-bond acceptors (Lipinski definition) is 5. The molecule has 0 bridgehead atoms. The molecule has 7 nitrogen and oxygen atoms in total. The summed E-state index contributed by atoms with van der Waals surface area (Å²) in [6.45, 7) is 5.20. The molecule has 1 unspecified atom stereocenters. The van der Waals surface area contributed by atoms with Crippen LogP contribution in [-0.2, 0) is 29.0 Å². The number of aryl methyl sites for hydroxylation is 2. The van der Waals surface area contributed by atoms with Crippen LogP contribution in [-0.4, -0.2) is 47.4 Å². The molecule has 41 heavy (non-hydrogen) atoms. The lowest BCUT2D eigenvalue weighted by molar-refractivity contribution is -0.133. The fourth-order valence-corrected chi connectivity index (χ4v) is 5.22. The molecule has 7 heteroatoms. The van der Waals surface area contributed by atoms with E-state index < -0.39 is 0 Å². The number of hydrogen-bond donors (Lipinski definition) is 0.